The van der Waals surface area contributed by atoms with Gasteiger partial charge in [-0.05, 0) is 6.42 Å². The van der Waals surface area contributed by atoms with Crippen molar-refractivity contribution in [2.45, 2.75) is 12.8 Å². The second-order valence-corrected chi connectivity index (χ2v) is 4.58. The fraction of sp³-hybridized carbons (Fsp3) is 0.571. The number of alkyl carbamates (subject to hydrolysis) is 1. The summed E-state index contributed by atoms with van der Waals surface area (Å²) in [6, 6.07) is 2.39. The van der Waals surface area contributed by atoms with Gasteiger partial charge in [0.25, 0.3) is 0 Å². The summed E-state index contributed by atoms with van der Waals surface area (Å²) in [5.74, 6) is -1.37. The standard InChI is InChI=1S/C14H22N2O8/c1-21-9-10-23-14(20)15-6-8-22-7-2-3-13(19)24-16-11(17)4-5-12(16)18/h4-5,17-18H,2-3,6-10H2,1H3,(H,15,20). The van der Waals surface area contributed by atoms with E-state index >= 15 is 0 Å². The molecule has 0 saturated carbocycles. The largest absolute Gasteiger partial charge is 0.492 e. The summed E-state index contributed by atoms with van der Waals surface area (Å²) in [6.07, 6.45) is -0.116. The molecular weight excluding hydrogens is 324 g/mol. The van der Waals surface area contributed by atoms with Gasteiger partial charge in [-0.15, -0.1) is 4.73 Å². The van der Waals surface area contributed by atoms with Gasteiger partial charge in [0.1, 0.15) is 6.61 Å². The average molecular weight is 346 g/mol. The van der Waals surface area contributed by atoms with Crippen LogP contribution in [0.3, 0.4) is 0 Å². The Labute approximate surface area is 138 Å². The number of hydrogen-bond acceptors (Lipinski definition) is 8. The van der Waals surface area contributed by atoms with E-state index < -0.39 is 12.1 Å². The maximum Gasteiger partial charge on any atom is 0.407 e. The summed E-state index contributed by atoms with van der Waals surface area (Å²) in [7, 11) is 1.51. The molecule has 1 heterocycles. The zero-order valence-corrected chi connectivity index (χ0v) is 13.4. The Morgan fingerprint density at radius 2 is 1.83 bits per heavy atom. The van der Waals surface area contributed by atoms with Gasteiger partial charge in [0.05, 0.1) is 19.6 Å². The van der Waals surface area contributed by atoms with Crippen molar-refractivity contribution in [2.24, 2.45) is 0 Å². The van der Waals surface area contributed by atoms with Crippen LogP contribution in [0.4, 0.5) is 4.79 Å². The first kappa shape index (κ1) is 19.6. The van der Waals surface area contributed by atoms with E-state index in [1.807, 2.05) is 0 Å². The molecule has 0 fully saturated rings. The van der Waals surface area contributed by atoms with Crippen molar-refractivity contribution < 1.29 is 38.9 Å². The second kappa shape index (κ2) is 11.1. The van der Waals surface area contributed by atoms with Gasteiger partial charge in [-0.25, -0.2) is 9.59 Å². The number of carbonyl (C=O) groups is 2. The summed E-state index contributed by atoms with van der Waals surface area (Å²) in [5, 5.41) is 21.1. The first-order chi connectivity index (χ1) is 11.5. The van der Waals surface area contributed by atoms with E-state index in [0.717, 1.165) is 0 Å². The topological polar surface area (TPSA) is 128 Å². The minimum atomic E-state index is -0.625. The number of ether oxygens (including phenoxy) is 3. The number of aromatic nitrogens is 1. The quantitative estimate of drug-likeness (QED) is 0.479. The predicted molar refractivity (Wildman–Crippen MR) is 80.6 cm³/mol. The number of carbonyl (C=O) groups excluding carboxylic acids is 2. The molecule has 0 spiro atoms. The van der Waals surface area contributed by atoms with E-state index in [-0.39, 0.29) is 37.9 Å². The fourth-order valence-electron chi connectivity index (χ4n) is 1.56. The highest BCUT2D eigenvalue weighted by atomic mass is 16.7. The van der Waals surface area contributed by atoms with E-state index in [1.165, 1.54) is 19.2 Å². The van der Waals surface area contributed by atoms with Gasteiger partial charge in [-0.2, -0.15) is 0 Å². The van der Waals surface area contributed by atoms with Gasteiger partial charge >= 0.3 is 12.1 Å². The van der Waals surface area contributed by atoms with Gasteiger partial charge in [0.2, 0.25) is 11.8 Å². The minimum Gasteiger partial charge on any atom is -0.492 e. The maximum atomic E-state index is 11.5. The fourth-order valence-corrected chi connectivity index (χ4v) is 1.56. The number of nitrogens with zero attached hydrogens (tertiary/aromatic N) is 1. The van der Waals surface area contributed by atoms with Crippen LogP contribution in [0.1, 0.15) is 12.8 Å². The maximum absolute atomic E-state index is 11.5. The number of amides is 1. The molecule has 136 valence electrons. The Kier molecular flexibility index (Phi) is 9.09. The zero-order valence-electron chi connectivity index (χ0n) is 13.4. The van der Waals surface area contributed by atoms with Crippen molar-refractivity contribution in [1.29, 1.82) is 0 Å². The van der Waals surface area contributed by atoms with Gasteiger partial charge in [0, 0.05) is 32.4 Å². The molecule has 0 saturated heterocycles. The lowest BCUT2D eigenvalue weighted by Crippen LogP contribution is -2.29. The lowest BCUT2D eigenvalue weighted by atomic mass is 10.3. The van der Waals surface area contributed by atoms with Crippen LogP contribution in [-0.4, -0.2) is 67.1 Å². The summed E-state index contributed by atoms with van der Waals surface area (Å²) >= 11 is 0. The highest BCUT2D eigenvalue weighted by molar-refractivity contribution is 5.69. The lowest BCUT2D eigenvalue weighted by Gasteiger charge is -2.08. The third kappa shape index (κ3) is 7.70. The van der Waals surface area contributed by atoms with Crippen LogP contribution < -0.4 is 10.2 Å². The minimum absolute atomic E-state index is 0.0452. The molecule has 1 amide bonds. The third-order valence-corrected chi connectivity index (χ3v) is 2.70. The monoisotopic (exact) mass is 346 g/mol. The molecule has 10 nitrogen and oxygen atoms in total. The molecule has 24 heavy (non-hydrogen) atoms. The van der Waals surface area contributed by atoms with Crippen molar-refractivity contribution in [1.82, 2.24) is 10.0 Å². The number of methoxy groups -OCH3 is 1. The van der Waals surface area contributed by atoms with Crippen LogP contribution >= 0.6 is 0 Å². The first-order valence-electron chi connectivity index (χ1n) is 7.32. The smallest absolute Gasteiger partial charge is 0.407 e. The SMILES string of the molecule is COCCOC(=O)NCCOCCCC(=O)On1c(O)ccc1O. The molecule has 0 aliphatic carbocycles. The summed E-state index contributed by atoms with van der Waals surface area (Å²) in [5.41, 5.74) is 0. The summed E-state index contributed by atoms with van der Waals surface area (Å²) in [4.78, 5) is 27.4. The number of nitrogens with one attached hydrogen (secondary N) is 1. The highest BCUT2D eigenvalue weighted by Gasteiger charge is 2.11. The molecule has 10 heteroatoms. The zero-order chi connectivity index (χ0) is 17.8. The third-order valence-electron chi connectivity index (χ3n) is 2.70. The predicted octanol–water partition coefficient (Wildman–Crippen LogP) is 0.0239. The van der Waals surface area contributed by atoms with Crippen LogP contribution in [0.2, 0.25) is 0 Å². The van der Waals surface area contributed by atoms with Gasteiger partial charge in [-0.1, -0.05) is 0 Å². The van der Waals surface area contributed by atoms with Crippen LogP contribution in [0.5, 0.6) is 11.8 Å². The lowest BCUT2D eigenvalue weighted by molar-refractivity contribution is -0.145. The molecule has 1 aromatic rings. The van der Waals surface area contributed by atoms with Gasteiger partial charge < -0.3 is 34.6 Å². The summed E-state index contributed by atoms with van der Waals surface area (Å²) in [6.45, 7) is 1.35. The molecule has 0 unspecified atom stereocenters. The Balaban J connectivity index is 2.00. The van der Waals surface area contributed by atoms with Crippen molar-refractivity contribution in [3.8, 4) is 11.8 Å². The molecule has 0 bridgehead atoms. The van der Waals surface area contributed by atoms with Gasteiger partial charge in [0.15, 0.2) is 0 Å². The Morgan fingerprint density at radius 3 is 2.50 bits per heavy atom. The van der Waals surface area contributed by atoms with E-state index in [0.29, 0.717) is 24.4 Å². The first-order valence-corrected chi connectivity index (χ1v) is 7.32. The highest BCUT2D eigenvalue weighted by Crippen LogP contribution is 2.18. The van der Waals surface area contributed by atoms with Crippen molar-refractivity contribution in [3.05, 3.63) is 12.1 Å². The van der Waals surface area contributed by atoms with Gasteiger partial charge in [-0.3, -0.25) is 0 Å². The van der Waals surface area contributed by atoms with Crippen molar-refractivity contribution in [2.75, 3.05) is 40.1 Å². The Morgan fingerprint density at radius 1 is 1.12 bits per heavy atom. The average Bonchev–Trinajstić information content (AvgIpc) is 2.86. The normalized spacial score (nSPS) is 10.4. The second-order valence-electron chi connectivity index (χ2n) is 4.58. The van der Waals surface area contributed by atoms with Crippen LogP contribution in [0, 0.1) is 0 Å². The molecule has 0 aliphatic rings. The Bertz CT molecular complexity index is 497. The van der Waals surface area contributed by atoms with Crippen LogP contribution in [0.25, 0.3) is 0 Å². The van der Waals surface area contributed by atoms with E-state index in [1.54, 1.807) is 0 Å². The van der Waals surface area contributed by atoms with E-state index in [2.05, 4.69) is 5.32 Å². The molecule has 0 atom stereocenters. The molecule has 3 N–H and O–H groups in total. The Hall–Kier alpha value is -2.46. The number of rotatable bonds is 11. The molecule has 0 aromatic carbocycles. The molecule has 1 aromatic heterocycles. The summed E-state index contributed by atoms with van der Waals surface area (Å²) < 4.78 is 15.4. The molecule has 0 aliphatic heterocycles. The van der Waals surface area contributed by atoms with Crippen molar-refractivity contribution in [3.63, 3.8) is 0 Å². The number of hydrogen-bond donors (Lipinski definition) is 3. The molecular formula is C14H22N2O8. The van der Waals surface area contributed by atoms with E-state index in [9.17, 15) is 19.8 Å². The molecule has 1 rings (SSSR count). The van der Waals surface area contributed by atoms with Crippen LogP contribution in [0.15, 0.2) is 12.1 Å². The number of aromatic hydroxyl groups is 2. The molecule has 0 radical (unpaired) electrons. The van der Waals surface area contributed by atoms with Crippen LogP contribution in [-0.2, 0) is 19.0 Å². The van der Waals surface area contributed by atoms with E-state index in [4.69, 9.17) is 19.0 Å². The van der Waals surface area contributed by atoms with Crippen molar-refractivity contribution >= 4 is 12.1 Å².